The number of amides is 1. The number of rotatable bonds is 9. The van der Waals surface area contributed by atoms with Gasteiger partial charge in [-0.15, -0.1) is 0 Å². The molecule has 3 aromatic heterocycles. The minimum atomic E-state index is -0.131. The lowest BCUT2D eigenvalue weighted by Crippen LogP contribution is -2.35. The number of hydrogen-bond acceptors (Lipinski definition) is 7. The molecule has 4 aromatic rings. The molecular formula is C22H25N7O2. The average molecular weight is 419 g/mol. The number of imidazole rings is 1. The number of carbonyl (C=O) groups is 1. The number of nitrogens with one attached hydrogen (secondary N) is 1. The van der Waals surface area contributed by atoms with E-state index in [0.29, 0.717) is 12.4 Å². The molecule has 9 heteroatoms. The summed E-state index contributed by atoms with van der Waals surface area (Å²) in [5.41, 5.74) is 3.29. The highest BCUT2D eigenvalue weighted by Gasteiger charge is 2.14. The Bertz CT molecular complexity index is 1130. The first-order valence-electron chi connectivity index (χ1n) is 10.4. The Balaban J connectivity index is 1.42. The standard InChI is InChI=1S/C22H25N7O2/c1-3-28(4-2)12-11-23-20(30)14-21-26-22(27-31-21)17-8-5-7-16(13-17)18-15-29-19(25-18)9-6-10-24-29/h5-10,13,15H,3-4,11-12,14H2,1-2H3,(H,23,30). The Morgan fingerprint density at radius 2 is 1.97 bits per heavy atom. The van der Waals surface area contributed by atoms with Gasteiger partial charge in [-0.2, -0.15) is 10.1 Å². The monoisotopic (exact) mass is 419 g/mol. The molecule has 0 unspecified atom stereocenters. The zero-order valence-corrected chi connectivity index (χ0v) is 17.7. The van der Waals surface area contributed by atoms with Crippen LogP contribution in [-0.2, 0) is 11.2 Å². The minimum absolute atomic E-state index is 0.0586. The molecule has 1 N–H and O–H groups in total. The lowest BCUT2D eigenvalue weighted by atomic mass is 10.1. The zero-order valence-electron chi connectivity index (χ0n) is 17.7. The molecule has 0 fully saturated rings. The number of hydrogen-bond donors (Lipinski definition) is 1. The second kappa shape index (κ2) is 9.48. The first kappa shape index (κ1) is 20.7. The van der Waals surface area contributed by atoms with Crippen LogP contribution in [0.2, 0.25) is 0 Å². The lowest BCUT2D eigenvalue weighted by molar-refractivity contribution is -0.120. The van der Waals surface area contributed by atoms with E-state index in [1.807, 2.05) is 42.6 Å². The Morgan fingerprint density at radius 3 is 2.77 bits per heavy atom. The number of carbonyl (C=O) groups excluding carboxylic acids is 1. The molecule has 1 aromatic carbocycles. The fourth-order valence-electron chi connectivity index (χ4n) is 3.32. The normalized spacial score (nSPS) is 11.3. The molecule has 0 saturated carbocycles. The number of aromatic nitrogens is 5. The van der Waals surface area contributed by atoms with Crippen molar-refractivity contribution in [2.45, 2.75) is 20.3 Å². The number of likely N-dealkylation sites (N-methyl/N-ethyl adjacent to an activating group) is 1. The van der Waals surface area contributed by atoms with Gasteiger partial charge in [-0.3, -0.25) is 4.79 Å². The largest absolute Gasteiger partial charge is 0.354 e. The third-order valence-corrected chi connectivity index (χ3v) is 5.08. The van der Waals surface area contributed by atoms with Crippen molar-refractivity contribution in [1.82, 2.24) is 35.0 Å². The van der Waals surface area contributed by atoms with Crippen molar-refractivity contribution in [2.24, 2.45) is 0 Å². The highest BCUT2D eigenvalue weighted by atomic mass is 16.5. The maximum atomic E-state index is 12.2. The fourth-order valence-corrected chi connectivity index (χ4v) is 3.32. The summed E-state index contributed by atoms with van der Waals surface area (Å²) in [6.45, 7) is 7.54. The SMILES string of the molecule is CCN(CC)CCNC(=O)Cc1nc(-c2cccc(-c3cn4ncccc4n3)c2)no1. The second-order valence-electron chi connectivity index (χ2n) is 7.10. The Hall–Kier alpha value is -3.59. The van der Waals surface area contributed by atoms with Crippen LogP contribution < -0.4 is 5.32 Å². The van der Waals surface area contributed by atoms with Crippen molar-refractivity contribution in [3.63, 3.8) is 0 Å². The van der Waals surface area contributed by atoms with Crippen molar-refractivity contribution in [2.75, 3.05) is 26.2 Å². The smallest absolute Gasteiger partial charge is 0.236 e. The highest BCUT2D eigenvalue weighted by molar-refractivity contribution is 5.77. The van der Waals surface area contributed by atoms with Crippen LogP contribution in [0.4, 0.5) is 0 Å². The molecule has 31 heavy (non-hydrogen) atoms. The molecule has 3 heterocycles. The van der Waals surface area contributed by atoms with E-state index in [1.54, 1.807) is 10.7 Å². The van der Waals surface area contributed by atoms with Gasteiger partial charge in [0.1, 0.15) is 6.42 Å². The lowest BCUT2D eigenvalue weighted by Gasteiger charge is -2.17. The van der Waals surface area contributed by atoms with E-state index < -0.39 is 0 Å². The molecule has 0 aliphatic rings. The van der Waals surface area contributed by atoms with Crippen LogP contribution in [0, 0.1) is 0 Å². The van der Waals surface area contributed by atoms with Gasteiger partial charge in [0, 0.05) is 30.4 Å². The molecule has 160 valence electrons. The quantitative estimate of drug-likeness (QED) is 0.445. The van der Waals surface area contributed by atoms with Crippen molar-refractivity contribution in [3.05, 3.63) is 54.7 Å². The number of benzene rings is 1. The second-order valence-corrected chi connectivity index (χ2v) is 7.10. The molecule has 0 bridgehead atoms. The maximum Gasteiger partial charge on any atom is 0.236 e. The average Bonchev–Trinajstić information content (AvgIpc) is 3.44. The molecular weight excluding hydrogens is 394 g/mol. The maximum absolute atomic E-state index is 12.2. The number of fused-ring (bicyclic) bond motifs is 1. The van der Waals surface area contributed by atoms with Crippen molar-refractivity contribution >= 4 is 11.6 Å². The van der Waals surface area contributed by atoms with Crippen molar-refractivity contribution in [3.8, 4) is 22.6 Å². The predicted molar refractivity (Wildman–Crippen MR) is 116 cm³/mol. The first-order valence-corrected chi connectivity index (χ1v) is 10.4. The molecule has 1 amide bonds. The molecule has 4 rings (SSSR count). The molecule has 0 aliphatic carbocycles. The summed E-state index contributed by atoms with van der Waals surface area (Å²) in [4.78, 5) is 23.4. The zero-order chi connectivity index (χ0) is 21.6. The van der Waals surface area contributed by atoms with E-state index >= 15 is 0 Å². The van der Waals surface area contributed by atoms with Gasteiger partial charge < -0.3 is 14.7 Å². The Labute approximate surface area is 180 Å². The number of nitrogens with zero attached hydrogens (tertiary/aromatic N) is 6. The summed E-state index contributed by atoms with van der Waals surface area (Å²) in [7, 11) is 0. The molecule has 9 nitrogen and oxygen atoms in total. The van der Waals surface area contributed by atoms with Gasteiger partial charge >= 0.3 is 0 Å². The Morgan fingerprint density at radius 1 is 1.13 bits per heavy atom. The van der Waals surface area contributed by atoms with Gasteiger partial charge in [0.2, 0.25) is 17.6 Å². The van der Waals surface area contributed by atoms with E-state index in [4.69, 9.17) is 4.52 Å². The molecule has 0 radical (unpaired) electrons. The molecule has 0 atom stereocenters. The molecule has 0 saturated heterocycles. The van der Waals surface area contributed by atoms with Crippen LogP contribution in [0.5, 0.6) is 0 Å². The third-order valence-electron chi connectivity index (χ3n) is 5.08. The summed E-state index contributed by atoms with van der Waals surface area (Å²) in [6, 6.07) is 11.5. The van der Waals surface area contributed by atoms with Crippen LogP contribution in [0.15, 0.2) is 53.3 Å². The van der Waals surface area contributed by atoms with Gasteiger partial charge in [0.05, 0.1) is 11.9 Å². The topological polar surface area (TPSA) is 101 Å². The third kappa shape index (κ3) is 4.95. The van der Waals surface area contributed by atoms with E-state index in [0.717, 1.165) is 42.1 Å². The van der Waals surface area contributed by atoms with Crippen LogP contribution >= 0.6 is 0 Å². The molecule has 0 spiro atoms. The van der Waals surface area contributed by atoms with Gasteiger partial charge in [-0.1, -0.05) is 37.2 Å². The summed E-state index contributed by atoms with van der Waals surface area (Å²) in [6.07, 6.45) is 3.65. The summed E-state index contributed by atoms with van der Waals surface area (Å²) < 4.78 is 7.02. The first-order chi connectivity index (χ1) is 15.2. The summed E-state index contributed by atoms with van der Waals surface area (Å²) >= 11 is 0. The highest BCUT2D eigenvalue weighted by Crippen LogP contribution is 2.24. The van der Waals surface area contributed by atoms with Crippen LogP contribution in [-0.4, -0.2) is 61.7 Å². The fraction of sp³-hybridized carbons (Fsp3) is 0.318. The van der Waals surface area contributed by atoms with Crippen LogP contribution in [0.3, 0.4) is 0 Å². The van der Waals surface area contributed by atoms with Gasteiger partial charge in [0.15, 0.2) is 5.65 Å². The predicted octanol–water partition coefficient (Wildman–Crippen LogP) is 2.45. The van der Waals surface area contributed by atoms with Gasteiger partial charge in [-0.05, 0) is 31.3 Å². The van der Waals surface area contributed by atoms with E-state index in [-0.39, 0.29) is 18.2 Å². The van der Waals surface area contributed by atoms with Crippen LogP contribution in [0.1, 0.15) is 19.7 Å². The van der Waals surface area contributed by atoms with Crippen molar-refractivity contribution < 1.29 is 9.32 Å². The van der Waals surface area contributed by atoms with Gasteiger partial charge in [0.25, 0.3) is 0 Å². The van der Waals surface area contributed by atoms with E-state index in [9.17, 15) is 4.79 Å². The summed E-state index contributed by atoms with van der Waals surface area (Å²) in [5, 5.41) is 11.2. The minimum Gasteiger partial charge on any atom is -0.354 e. The summed E-state index contributed by atoms with van der Waals surface area (Å²) in [5.74, 6) is 0.598. The van der Waals surface area contributed by atoms with Gasteiger partial charge in [-0.25, -0.2) is 9.50 Å². The van der Waals surface area contributed by atoms with E-state index in [2.05, 4.69) is 44.3 Å². The van der Waals surface area contributed by atoms with Crippen molar-refractivity contribution in [1.29, 1.82) is 0 Å². The Kier molecular flexibility index (Phi) is 6.32. The molecule has 0 aliphatic heterocycles. The van der Waals surface area contributed by atoms with Crippen LogP contribution in [0.25, 0.3) is 28.3 Å². The van der Waals surface area contributed by atoms with E-state index in [1.165, 1.54) is 0 Å².